The summed E-state index contributed by atoms with van der Waals surface area (Å²) >= 11 is 0. The van der Waals surface area contributed by atoms with E-state index in [2.05, 4.69) is 42.9 Å². The van der Waals surface area contributed by atoms with Gasteiger partial charge in [-0.25, -0.2) is 0 Å². The van der Waals surface area contributed by atoms with E-state index in [4.69, 9.17) is 4.74 Å². The summed E-state index contributed by atoms with van der Waals surface area (Å²) in [4.78, 5) is 16.5. The van der Waals surface area contributed by atoms with Gasteiger partial charge in [-0.2, -0.15) is 0 Å². The van der Waals surface area contributed by atoms with E-state index in [-0.39, 0.29) is 11.5 Å². The number of piperazine rings is 1. The van der Waals surface area contributed by atoms with E-state index in [1.54, 1.807) is 0 Å². The van der Waals surface area contributed by atoms with Gasteiger partial charge in [0.15, 0.2) is 0 Å². The van der Waals surface area contributed by atoms with Crippen molar-refractivity contribution in [3.63, 3.8) is 0 Å². The van der Waals surface area contributed by atoms with Gasteiger partial charge in [-0.15, -0.1) is 0 Å². The highest BCUT2D eigenvalue weighted by molar-refractivity contribution is 5.77. The summed E-state index contributed by atoms with van der Waals surface area (Å²) in [5, 5.41) is 3.02. The highest BCUT2D eigenvalue weighted by atomic mass is 16.5. The first kappa shape index (κ1) is 20.4. The van der Waals surface area contributed by atoms with E-state index in [0.29, 0.717) is 13.1 Å². The summed E-state index contributed by atoms with van der Waals surface area (Å²) in [5.74, 6) is 0.138. The molecule has 1 aliphatic heterocycles. The summed E-state index contributed by atoms with van der Waals surface area (Å²) in [6, 6.07) is 0. The van der Waals surface area contributed by atoms with Gasteiger partial charge in [-0.3, -0.25) is 9.69 Å². The number of nitrogens with one attached hydrogen (secondary N) is 1. The molecule has 1 N–H and O–H groups in total. The Labute approximate surface area is 142 Å². The maximum Gasteiger partial charge on any atom is 0.234 e. The maximum atomic E-state index is 12.0. The smallest absolute Gasteiger partial charge is 0.234 e. The standard InChI is InChI=1S/C18H37N3O2/c1-5-8-18(3,9-6-2)23-15-7-10-19-17(22)16-21-13-11-20(4)12-14-21/h5-16H2,1-4H3,(H,19,22). The van der Waals surface area contributed by atoms with Crippen molar-refractivity contribution < 1.29 is 9.53 Å². The second-order valence-electron chi connectivity index (χ2n) is 7.08. The van der Waals surface area contributed by atoms with E-state index in [0.717, 1.165) is 64.9 Å². The lowest BCUT2D eigenvalue weighted by molar-refractivity contribution is -0.122. The summed E-state index contributed by atoms with van der Waals surface area (Å²) in [7, 11) is 2.13. The Bertz CT molecular complexity index is 322. The Hall–Kier alpha value is -0.650. The number of rotatable bonds is 11. The molecule has 136 valence electrons. The molecule has 0 aromatic carbocycles. The first-order valence-corrected chi connectivity index (χ1v) is 9.30. The van der Waals surface area contributed by atoms with Gasteiger partial charge >= 0.3 is 0 Å². The molecule has 23 heavy (non-hydrogen) atoms. The molecule has 0 aromatic heterocycles. The van der Waals surface area contributed by atoms with Crippen LogP contribution in [0.25, 0.3) is 0 Å². The van der Waals surface area contributed by atoms with E-state index < -0.39 is 0 Å². The van der Waals surface area contributed by atoms with Gasteiger partial charge < -0.3 is 15.0 Å². The molecule has 5 heteroatoms. The van der Waals surface area contributed by atoms with Crippen molar-refractivity contribution in [2.24, 2.45) is 0 Å². The van der Waals surface area contributed by atoms with Crippen molar-refractivity contribution >= 4 is 5.91 Å². The summed E-state index contributed by atoms with van der Waals surface area (Å²) in [6.07, 6.45) is 5.40. The third-order valence-corrected chi connectivity index (χ3v) is 4.61. The Morgan fingerprint density at radius 2 is 1.74 bits per heavy atom. The van der Waals surface area contributed by atoms with Gasteiger partial charge in [-0.1, -0.05) is 26.7 Å². The van der Waals surface area contributed by atoms with Gasteiger partial charge in [-0.05, 0) is 33.2 Å². The normalized spacial score (nSPS) is 17.4. The van der Waals surface area contributed by atoms with Crippen LogP contribution in [0.15, 0.2) is 0 Å². The molecule has 0 aliphatic carbocycles. The van der Waals surface area contributed by atoms with Crippen molar-refractivity contribution in [3.8, 4) is 0 Å². The van der Waals surface area contributed by atoms with Crippen LogP contribution in [0.3, 0.4) is 0 Å². The zero-order valence-corrected chi connectivity index (χ0v) is 15.7. The molecule has 1 fully saturated rings. The van der Waals surface area contributed by atoms with E-state index in [9.17, 15) is 4.79 Å². The number of likely N-dealkylation sites (N-methyl/N-ethyl adjacent to an activating group) is 1. The van der Waals surface area contributed by atoms with Crippen LogP contribution >= 0.6 is 0 Å². The molecule has 1 saturated heterocycles. The molecule has 0 saturated carbocycles. The SMILES string of the molecule is CCCC(C)(CCC)OCCCNC(=O)CN1CCN(C)CC1. The average molecular weight is 328 g/mol. The molecule has 1 rings (SSSR count). The third-order valence-electron chi connectivity index (χ3n) is 4.61. The van der Waals surface area contributed by atoms with Gasteiger partial charge in [0.05, 0.1) is 12.1 Å². The molecule has 0 radical (unpaired) electrons. The molecule has 0 spiro atoms. The highest BCUT2D eigenvalue weighted by Gasteiger charge is 2.22. The molecule has 0 aromatic rings. The van der Waals surface area contributed by atoms with Crippen molar-refractivity contribution in [2.45, 2.75) is 58.5 Å². The lowest BCUT2D eigenvalue weighted by Crippen LogP contribution is -2.48. The first-order valence-electron chi connectivity index (χ1n) is 9.30. The fraction of sp³-hybridized carbons (Fsp3) is 0.944. The van der Waals surface area contributed by atoms with Crippen molar-refractivity contribution in [1.82, 2.24) is 15.1 Å². The number of hydrogen-bond acceptors (Lipinski definition) is 4. The quantitative estimate of drug-likeness (QED) is 0.591. The molecule has 1 aliphatic rings. The van der Waals surface area contributed by atoms with Crippen LogP contribution in [0.2, 0.25) is 0 Å². The van der Waals surface area contributed by atoms with Crippen molar-refractivity contribution in [3.05, 3.63) is 0 Å². The second kappa shape index (κ2) is 11.0. The minimum Gasteiger partial charge on any atom is -0.375 e. The topological polar surface area (TPSA) is 44.8 Å². The first-order chi connectivity index (χ1) is 11.0. The summed E-state index contributed by atoms with van der Waals surface area (Å²) in [5.41, 5.74) is 0.00728. The van der Waals surface area contributed by atoms with Crippen LogP contribution in [0.1, 0.15) is 52.9 Å². The van der Waals surface area contributed by atoms with Gasteiger partial charge in [0.1, 0.15) is 0 Å². The van der Waals surface area contributed by atoms with Crippen LogP contribution in [0.4, 0.5) is 0 Å². The van der Waals surface area contributed by atoms with E-state index in [1.807, 2.05) is 0 Å². The largest absolute Gasteiger partial charge is 0.375 e. The molecule has 1 amide bonds. The molecular formula is C18H37N3O2. The minimum absolute atomic E-state index is 0.00728. The number of carbonyl (C=O) groups is 1. The fourth-order valence-corrected chi connectivity index (χ4v) is 3.21. The Morgan fingerprint density at radius 1 is 1.13 bits per heavy atom. The van der Waals surface area contributed by atoms with Crippen LogP contribution in [-0.2, 0) is 9.53 Å². The second-order valence-corrected chi connectivity index (χ2v) is 7.08. The van der Waals surface area contributed by atoms with Crippen LogP contribution < -0.4 is 5.32 Å². The molecule has 1 heterocycles. The third kappa shape index (κ3) is 8.68. The molecule has 0 bridgehead atoms. The zero-order chi connectivity index (χ0) is 17.1. The molecule has 0 unspecified atom stereocenters. The number of amides is 1. The Balaban J connectivity index is 2.10. The fourth-order valence-electron chi connectivity index (χ4n) is 3.21. The van der Waals surface area contributed by atoms with Crippen LogP contribution in [0.5, 0.6) is 0 Å². The Kier molecular flexibility index (Phi) is 9.75. The van der Waals surface area contributed by atoms with Crippen molar-refractivity contribution in [1.29, 1.82) is 0 Å². The average Bonchev–Trinajstić information content (AvgIpc) is 2.50. The summed E-state index contributed by atoms with van der Waals surface area (Å²) < 4.78 is 6.09. The van der Waals surface area contributed by atoms with Crippen LogP contribution in [0, 0.1) is 0 Å². The lowest BCUT2D eigenvalue weighted by atomic mass is 9.95. The number of nitrogens with zero attached hydrogens (tertiary/aromatic N) is 2. The number of hydrogen-bond donors (Lipinski definition) is 1. The summed E-state index contributed by atoms with van der Waals surface area (Å²) in [6.45, 7) is 12.7. The lowest BCUT2D eigenvalue weighted by Gasteiger charge is -2.31. The Morgan fingerprint density at radius 3 is 2.30 bits per heavy atom. The van der Waals surface area contributed by atoms with Crippen LogP contribution in [-0.4, -0.2) is 74.2 Å². The molecule has 0 atom stereocenters. The van der Waals surface area contributed by atoms with E-state index >= 15 is 0 Å². The van der Waals surface area contributed by atoms with Gasteiger partial charge in [0, 0.05) is 39.3 Å². The van der Waals surface area contributed by atoms with Gasteiger partial charge in [0.2, 0.25) is 5.91 Å². The van der Waals surface area contributed by atoms with E-state index in [1.165, 1.54) is 0 Å². The maximum absolute atomic E-state index is 12.0. The van der Waals surface area contributed by atoms with Crippen molar-refractivity contribution in [2.75, 3.05) is 52.9 Å². The molecular weight excluding hydrogens is 290 g/mol. The highest BCUT2D eigenvalue weighted by Crippen LogP contribution is 2.23. The monoisotopic (exact) mass is 327 g/mol. The minimum atomic E-state index is 0.00728. The number of carbonyl (C=O) groups excluding carboxylic acids is 1. The number of ether oxygens (including phenoxy) is 1. The zero-order valence-electron chi connectivity index (χ0n) is 15.7. The predicted octanol–water partition coefficient (Wildman–Crippen LogP) is 2.12. The molecule has 5 nitrogen and oxygen atoms in total. The predicted molar refractivity (Wildman–Crippen MR) is 95.7 cm³/mol. The van der Waals surface area contributed by atoms with Gasteiger partial charge in [0.25, 0.3) is 0 Å².